The van der Waals surface area contributed by atoms with Crippen LogP contribution in [-0.4, -0.2) is 10.7 Å². The van der Waals surface area contributed by atoms with E-state index in [0.29, 0.717) is 10.7 Å². The fourth-order valence-corrected chi connectivity index (χ4v) is 1.67. The highest BCUT2D eigenvalue weighted by atomic mass is 35.5. The number of pyridine rings is 1. The quantitative estimate of drug-likeness (QED) is 0.723. The van der Waals surface area contributed by atoms with Gasteiger partial charge in [0.25, 0.3) is 0 Å². The topological polar surface area (TPSA) is 36.7 Å². The first-order valence-corrected chi connectivity index (χ1v) is 5.33. The molecule has 0 N–H and O–H groups in total. The molecule has 0 saturated heterocycles. The maximum atomic E-state index is 8.66. The Bertz CT molecular complexity index is 333. The fourth-order valence-electron chi connectivity index (χ4n) is 0.790. The molecule has 68 valence electrons. The van der Waals surface area contributed by atoms with Crippen LogP contribution in [0.5, 0.6) is 0 Å². The van der Waals surface area contributed by atoms with Crippen LogP contribution in [0.4, 0.5) is 0 Å². The van der Waals surface area contributed by atoms with E-state index in [1.165, 1.54) is 0 Å². The lowest BCUT2D eigenvalue weighted by Crippen LogP contribution is -1.87. The van der Waals surface area contributed by atoms with Crippen LogP contribution in [-0.2, 0) is 0 Å². The average Bonchev–Trinajstić information content (AvgIpc) is 2.16. The zero-order valence-electron chi connectivity index (χ0n) is 7.25. The zero-order valence-corrected chi connectivity index (χ0v) is 8.82. The van der Waals surface area contributed by atoms with Crippen molar-refractivity contribution in [3.05, 3.63) is 22.8 Å². The van der Waals surface area contributed by atoms with E-state index in [1.807, 2.05) is 12.1 Å². The lowest BCUT2D eigenvalue weighted by Gasteiger charge is -1.99. The van der Waals surface area contributed by atoms with Crippen molar-refractivity contribution in [3.63, 3.8) is 0 Å². The van der Waals surface area contributed by atoms with Gasteiger partial charge in [0.15, 0.2) is 5.69 Å². The number of nitriles is 1. The van der Waals surface area contributed by atoms with Gasteiger partial charge in [-0.15, -0.1) is 11.8 Å². The summed E-state index contributed by atoms with van der Waals surface area (Å²) in [5.41, 5.74) is 0.308. The van der Waals surface area contributed by atoms with E-state index in [2.05, 4.69) is 11.9 Å². The third-order valence-electron chi connectivity index (χ3n) is 1.38. The van der Waals surface area contributed by atoms with Gasteiger partial charge in [-0.1, -0.05) is 18.5 Å². The van der Waals surface area contributed by atoms with Crippen LogP contribution in [0.15, 0.2) is 17.2 Å². The van der Waals surface area contributed by atoms with Gasteiger partial charge in [-0.3, -0.25) is 0 Å². The Morgan fingerprint density at radius 3 is 3.00 bits per heavy atom. The molecule has 1 heterocycles. The minimum Gasteiger partial charge on any atom is -0.229 e. The van der Waals surface area contributed by atoms with E-state index in [1.54, 1.807) is 17.8 Å². The molecule has 1 aromatic heterocycles. The van der Waals surface area contributed by atoms with Crippen LogP contribution in [0, 0.1) is 11.3 Å². The Morgan fingerprint density at radius 2 is 2.38 bits per heavy atom. The van der Waals surface area contributed by atoms with Crippen LogP contribution in [0.25, 0.3) is 0 Å². The van der Waals surface area contributed by atoms with Gasteiger partial charge in [0.05, 0.1) is 10.0 Å². The predicted octanol–water partition coefficient (Wildman–Crippen LogP) is 3.11. The summed E-state index contributed by atoms with van der Waals surface area (Å²) in [6.45, 7) is 2.11. The van der Waals surface area contributed by atoms with E-state index in [9.17, 15) is 0 Å². The van der Waals surface area contributed by atoms with Gasteiger partial charge in [0, 0.05) is 0 Å². The van der Waals surface area contributed by atoms with Crippen molar-refractivity contribution in [3.8, 4) is 6.07 Å². The first-order chi connectivity index (χ1) is 6.27. The zero-order chi connectivity index (χ0) is 9.68. The monoisotopic (exact) mass is 212 g/mol. The van der Waals surface area contributed by atoms with Gasteiger partial charge < -0.3 is 0 Å². The predicted molar refractivity (Wildman–Crippen MR) is 55.0 cm³/mol. The standard InChI is InChI=1S/C9H9ClN2S/c1-2-5-13-9-4-3-7(10)8(6-11)12-9/h3-4H,2,5H2,1H3. The maximum Gasteiger partial charge on any atom is 0.160 e. The Morgan fingerprint density at radius 1 is 1.62 bits per heavy atom. The van der Waals surface area contributed by atoms with Crippen molar-refractivity contribution in [2.45, 2.75) is 18.4 Å². The Hall–Kier alpha value is -0.720. The van der Waals surface area contributed by atoms with Gasteiger partial charge in [0.1, 0.15) is 6.07 Å². The number of halogens is 1. The van der Waals surface area contributed by atoms with E-state index in [0.717, 1.165) is 17.2 Å². The molecule has 0 atom stereocenters. The summed E-state index contributed by atoms with van der Waals surface area (Å²) in [6.07, 6.45) is 1.09. The van der Waals surface area contributed by atoms with Crippen molar-refractivity contribution >= 4 is 23.4 Å². The van der Waals surface area contributed by atoms with E-state index in [4.69, 9.17) is 16.9 Å². The number of aromatic nitrogens is 1. The summed E-state index contributed by atoms with van der Waals surface area (Å²) in [5.74, 6) is 1.01. The minimum atomic E-state index is 0.308. The molecule has 0 unspecified atom stereocenters. The molecule has 0 amide bonds. The molecule has 0 bridgehead atoms. The van der Waals surface area contributed by atoms with Crippen LogP contribution in [0.1, 0.15) is 19.0 Å². The molecular weight excluding hydrogens is 204 g/mol. The van der Waals surface area contributed by atoms with Crippen molar-refractivity contribution < 1.29 is 0 Å². The van der Waals surface area contributed by atoms with Gasteiger partial charge in [0.2, 0.25) is 0 Å². The summed E-state index contributed by atoms with van der Waals surface area (Å²) in [6, 6.07) is 5.51. The summed E-state index contributed by atoms with van der Waals surface area (Å²) in [4.78, 5) is 4.10. The van der Waals surface area contributed by atoms with Crippen molar-refractivity contribution in [1.29, 1.82) is 5.26 Å². The molecule has 1 aromatic rings. The molecule has 13 heavy (non-hydrogen) atoms. The van der Waals surface area contributed by atoms with E-state index >= 15 is 0 Å². The molecule has 0 radical (unpaired) electrons. The lowest BCUT2D eigenvalue weighted by molar-refractivity contribution is 1.07. The fraction of sp³-hybridized carbons (Fsp3) is 0.333. The molecule has 0 fully saturated rings. The highest BCUT2D eigenvalue weighted by Gasteiger charge is 2.02. The second-order valence-corrected chi connectivity index (χ2v) is 3.96. The van der Waals surface area contributed by atoms with E-state index in [-0.39, 0.29) is 0 Å². The summed E-state index contributed by atoms with van der Waals surface area (Å²) < 4.78 is 0. The van der Waals surface area contributed by atoms with Crippen molar-refractivity contribution in [2.75, 3.05) is 5.75 Å². The molecule has 1 rings (SSSR count). The molecule has 2 nitrogen and oxygen atoms in total. The summed E-state index contributed by atoms with van der Waals surface area (Å²) >= 11 is 7.37. The van der Waals surface area contributed by atoms with Crippen molar-refractivity contribution in [2.24, 2.45) is 0 Å². The smallest absolute Gasteiger partial charge is 0.160 e. The first-order valence-electron chi connectivity index (χ1n) is 3.97. The second kappa shape index (κ2) is 5.11. The van der Waals surface area contributed by atoms with Gasteiger partial charge >= 0.3 is 0 Å². The molecular formula is C9H9ClN2S. The van der Waals surface area contributed by atoms with Gasteiger partial charge in [-0.05, 0) is 24.3 Å². The molecule has 0 aromatic carbocycles. The highest BCUT2D eigenvalue weighted by molar-refractivity contribution is 7.99. The first kappa shape index (κ1) is 10.4. The summed E-state index contributed by atoms with van der Waals surface area (Å²) in [7, 11) is 0. The number of nitrogens with zero attached hydrogens (tertiary/aromatic N) is 2. The normalized spacial score (nSPS) is 9.62. The molecule has 0 saturated carbocycles. The van der Waals surface area contributed by atoms with Crippen LogP contribution in [0.2, 0.25) is 5.02 Å². The minimum absolute atomic E-state index is 0.308. The molecule has 4 heteroatoms. The third kappa shape index (κ3) is 2.91. The van der Waals surface area contributed by atoms with Crippen LogP contribution >= 0.6 is 23.4 Å². The molecule has 0 aliphatic heterocycles. The Labute approximate surface area is 86.9 Å². The summed E-state index contributed by atoms with van der Waals surface area (Å²) in [5, 5.41) is 9.95. The highest BCUT2D eigenvalue weighted by Crippen LogP contribution is 2.20. The third-order valence-corrected chi connectivity index (χ3v) is 2.82. The SMILES string of the molecule is CCCSc1ccc(Cl)c(C#N)n1. The number of thioether (sulfide) groups is 1. The van der Waals surface area contributed by atoms with Gasteiger partial charge in [-0.2, -0.15) is 5.26 Å². The van der Waals surface area contributed by atoms with E-state index < -0.39 is 0 Å². The van der Waals surface area contributed by atoms with Crippen LogP contribution < -0.4 is 0 Å². The second-order valence-electron chi connectivity index (χ2n) is 2.44. The number of hydrogen-bond donors (Lipinski definition) is 0. The average molecular weight is 213 g/mol. The number of rotatable bonds is 3. The maximum absolute atomic E-state index is 8.66. The number of hydrogen-bond acceptors (Lipinski definition) is 3. The largest absolute Gasteiger partial charge is 0.229 e. The molecule has 0 aliphatic rings. The Kier molecular flexibility index (Phi) is 4.07. The van der Waals surface area contributed by atoms with Crippen LogP contribution in [0.3, 0.4) is 0 Å². The molecule has 0 spiro atoms. The Balaban J connectivity index is 2.82. The molecule has 0 aliphatic carbocycles. The lowest BCUT2D eigenvalue weighted by atomic mass is 10.4. The van der Waals surface area contributed by atoms with Crippen molar-refractivity contribution in [1.82, 2.24) is 4.98 Å². The van der Waals surface area contributed by atoms with Gasteiger partial charge in [-0.25, -0.2) is 4.98 Å².